The van der Waals surface area contributed by atoms with Crippen molar-refractivity contribution < 1.29 is 0 Å². The van der Waals surface area contributed by atoms with E-state index in [1.54, 1.807) is 0 Å². The van der Waals surface area contributed by atoms with Crippen molar-refractivity contribution in [2.24, 2.45) is 0 Å². The first kappa shape index (κ1) is 7.69. The van der Waals surface area contributed by atoms with Crippen LogP contribution in [-0.2, 0) is 0 Å². The minimum Gasteiger partial charge on any atom is -0.114 e. The summed E-state index contributed by atoms with van der Waals surface area (Å²) in [6, 6.07) is 10.5. The van der Waals surface area contributed by atoms with E-state index in [4.69, 9.17) is 0 Å². The Labute approximate surface area is 77.0 Å². The van der Waals surface area contributed by atoms with Gasteiger partial charge in [-0.3, -0.25) is 0 Å². The molecule has 0 aliphatic heterocycles. The monoisotopic (exact) mass is 174 g/mol. The Kier molecular flexibility index (Phi) is 2.33. The van der Waals surface area contributed by atoms with Gasteiger partial charge in [-0.15, -0.1) is 11.8 Å². The SMILES string of the molecule is C1=CC(Sc2ccccc2)C=C1. The van der Waals surface area contributed by atoms with Crippen molar-refractivity contribution in [2.45, 2.75) is 10.1 Å². The van der Waals surface area contributed by atoms with Gasteiger partial charge in [0, 0.05) is 10.1 Å². The molecule has 0 saturated heterocycles. The van der Waals surface area contributed by atoms with Gasteiger partial charge < -0.3 is 0 Å². The fourth-order valence-electron chi connectivity index (χ4n) is 1.15. The van der Waals surface area contributed by atoms with Crippen LogP contribution in [0.1, 0.15) is 0 Å². The lowest BCUT2D eigenvalue weighted by Gasteiger charge is -2.03. The van der Waals surface area contributed by atoms with Crippen molar-refractivity contribution in [2.75, 3.05) is 0 Å². The molecule has 1 aliphatic rings. The number of benzene rings is 1. The van der Waals surface area contributed by atoms with Gasteiger partial charge in [-0.2, -0.15) is 0 Å². The van der Waals surface area contributed by atoms with Gasteiger partial charge in [-0.05, 0) is 12.1 Å². The number of rotatable bonds is 2. The van der Waals surface area contributed by atoms with Gasteiger partial charge in [0.2, 0.25) is 0 Å². The van der Waals surface area contributed by atoms with E-state index in [9.17, 15) is 0 Å². The third-order valence-electron chi connectivity index (χ3n) is 1.73. The highest BCUT2D eigenvalue weighted by Gasteiger charge is 2.04. The zero-order valence-electron chi connectivity index (χ0n) is 6.68. The number of thioether (sulfide) groups is 1. The molecular formula is C11H10S. The van der Waals surface area contributed by atoms with Crippen LogP contribution in [0.15, 0.2) is 59.5 Å². The second-order valence-electron chi connectivity index (χ2n) is 2.67. The van der Waals surface area contributed by atoms with Crippen molar-refractivity contribution in [3.63, 3.8) is 0 Å². The fourth-order valence-corrected chi connectivity index (χ4v) is 2.11. The van der Waals surface area contributed by atoms with Gasteiger partial charge in [-0.25, -0.2) is 0 Å². The molecule has 2 rings (SSSR count). The van der Waals surface area contributed by atoms with Gasteiger partial charge in [0.1, 0.15) is 0 Å². The highest BCUT2D eigenvalue weighted by atomic mass is 32.2. The van der Waals surface area contributed by atoms with Crippen molar-refractivity contribution in [3.05, 3.63) is 54.6 Å². The Morgan fingerprint density at radius 3 is 2.25 bits per heavy atom. The van der Waals surface area contributed by atoms with Gasteiger partial charge in [0.05, 0.1) is 0 Å². The fraction of sp³-hybridized carbons (Fsp3) is 0.0909. The Morgan fingerprint density at radius 1 is 0.917 bits per heavy atom. The molecule has 0 N–H and O–H groups in total. The van der Waals surface area contributed by atoms with Gasteiger partial charge in [0.15, 0.2) is 0 Å². The number of allylic oxidation sites excluding steroid dienone is 2. The summed E-state index contributed by atoms with van der Waals surface area (Å²) in [4.78, 5) is 1.33. The highest BCUT2D eigenvalue weighted by molar-refractivity contribution is 8.00. The lowest BCUT2D eigenvalue weighted by Crippen LogP contribution is -1.87. The molecule has 0 spiro atoms. The average Bonchev–Trinajstić information content (AvgIpc) is 2.59. The topological polar surface area (TPSA) is 0 Å². The summed E-state index contributed by atoms with van der Waals surface area (Å²) in [6.45, 7) is 0. The molecule has 0 amide bonds. The molecule has 0 atom stereocenters. The maximum Gasteiger partial charge on any atom is 0.0461 e. The molecule has 0 fully saturated rings. The predicted molar refractivity (Wildman–Crippen MR) is 54.4 cm³/mol. The van der Waals surface area contributed by atoms with E-state index in [1.165, 1.54) is 4.90 Å². The minimum atomic E-state index is 0.535. The molecule has 0 unspecified atom stereocenters. The maximum absolute atomic E-state index is 2.21. The highest BCUT2D eigenvalue weighted by Crippen LogP contribution is 2.26. The Morgan fingerprint density at radius 2 is 1.58 bits per heavy atom. The molecule has 1 heteroatoms. The second-order valence-corrected chi connectivity index (χ2v) is 3.92. The van der Waals surface area contributed by atoms with E-state index in [2.05, 4.69) is 48.6 Å². The van der Waals surface area contributed by atoms with Crippen molar-refractivity contribution in [1.82, 2.24) is 0 Å². The average molecular weight is 174 g/mol. The maximum atomic E-state index is 2.21. The van der Waals surface area contributed by atoms with E-state index in [0.717, 1.165) is 0 Å². The lowest BCUT2D eigenvalue weighted by molar-refractivity contribution is 1.40. The number of hydrogen-bond acceptors (Lipinski definition) is 1. The van der Waals surface area contributed by atoms with Crippen molar-refractivity contribution in [3.8, 4) is 0 Å². The molecule has 0 radical (unpaired) electrons. The van der Waals surface area contributed by atoms with Crippen LogP contribution in [0.3, 0.4) is 0 Å². The summed E-state index contributed by atoms with van der Waals surface area (Å²) in [7, 11) is 0. The summed E-state index contributed by atoms with van der Waals surface area (Å²) in [5.41, 5.74) is 0. The van der Waals surface area contributed by atoms with E-state index < -0.39 is 0 Å². The molecule has 0 nitrogen and oxygen atoms in total. The van der Waals surface area contributed by atoms with E-state index in [0.29, 0.717) is 5.25 Å². The predicted octanol–water partition coefficient (Wildman–Crippen LogP) is 3.27. The zero-order chi connectivity index (χ0) is 8.23. The van der Waals surface area contributed by atoms with Crippen LogP contribution >= 0.6 is 11.8 Å². The molecule has 1 aromatic rings. The van der Waals surface area contributed by atoms with Crippen molar-refractivity contribution in [1.29, 1.82) is 0 Å². The first-order valence-corrected chi connectivity index (χ1v) is 4.90. The molecule has 0 saturated carbocycles. The Balaban J connectivity index is 2.04. The molecular weight excluding hydrogens is 164 g/mol. The van der Waals surface area contributed by atoms with Gasteiger partial charge in [-0.1, -0.05) is 42.5 Å². The van der Waals surface area contributed by atoms with Crippen molar-refractivity contribution >= 4 is 11.8 Å². The third-order valence-corrected chi connectivity index (χ3v) is 2.86. The van der Waals surface area contributed by atoms with Crippen LogP contribution in [0.25, 0.3) is 0 Å². The standard InChI is InChI=1S/C11H10S/c1-2-6-10(7-3-1)12-11-8-4-5-9-11/h1-9,11H. The molecule has 0 heterocycles. The molecule has 0 bridgehead atoms. The van der Waals surface area contributed by atoms with Crippen LogP contribution in [0.5, 0.6) is 0 Å². The van der Waals surface area contributed by atoms with Crippen LogP contribution in [0.4, 0.5) is 0 Å². The first-order valence-electron chi connectivity index (χ1n) is 4.02. The van der Waals surface area contributed by atoms with E-state index in [-0.39, 0.29) is 0 Å². The summed E-state index contributed by atoms with van der Waals surface area (Å²) in [6.07, 6.45) is 8.61. The van der Waals surface area contributed by atoms with Gasteiger partial charge in [0.25, 0.3) is 0 Å². The molecule has 60 valence electrons. The third kappa shape index (κ3) is 1.80. The summed E-state index contributed by atoms with van der Waals surface area (Å²) in [5, 5.41) is 0.535. The van der Waals surface area contributed by atoms with Crippen LogP contribution in [0, 0.1) is 0 Å². The van der Waals surface area contributed by atoms with E-state index in [1.807, 2.05) is 17.8 Å². The largest absolute Gasteiger partial charge is 0.114 e. The summed E-state index contributed by atoms with van der Waals surface area (Å²) < 4.78 is 0. The van der Waals surface area contributed by atoms with Gasteiger partial charge >= 0.3 is 0 Å². The minimum absolute atomic E-state index is 0.535. The van der Waals surface area contributed by atoms with E-state index >= 15 is 0 Å². The summed E-state index contributed by atoms with van der Waals surface area (Å²) >= 11 is 1.88. The van der Waals surface area contributed by atoms with Crippen LogP contribution in [-0.4, -0.2) is 5.25 Å². The molecule has 1 aromatic carbocycles. The Bertz CT molecular complexity index is 286. The second kappa shape index (κ2) is 3.63. The molecule has 1 aliphatic carbocycles. The smallest absolute Gasteiger partial charge is 0.0461 e. The molecule has 0 aromatic heterocycles. The first-order chi connectivity index (χ1) is 5.95. The van der Waals surface area contributed by atoms with Crippen LogP contribution < -0.4 is 0 Å². The lowest BCUT2D eigenvalue weighted by atomic mass is 10.4. The van der Waals surface area contributed by atoms with Crippen LogP contribution in [0.2, 0.25) is 0 Å². The normalized spacial score (nSPS) is 15.7. The molecule has 12 heavy (non-hydrogen) atoms. The zero-order valence-corrected chi connectivity index (χ0v) is 7.50. The Hall–Kier alpha value is -0.950. The summed E-state index contributed by atoms with van der Waals surface area (Å²) in [5.74, 6) is 0. The quantitative estimate of drug-likeness (QED) is 0.663. The number of hydrogen-bond donors (Lipinski definition) is 0.